The van der Waals surface area contributed by atoms with Crippen LogP contribution in [0, 0.1) is 0 Å². The van der Waals surface area contributed by atoms with E-state index in [0.29, 0.717) is 15.6 Å². The zero-order chi connectivity index (χ0) is 20.4. The molecule has 0 aliphatic carbocycles. The molecule has 0 spiro atoms. The topological polar surface area (TPSA) is 65.5 Å². The minimum Gasteiger partial charge on any atom is -0.395 e. The molecule has 1 aliphatic rings. The maximum absolute atomic E-state index is 12.2. The summed E-state index contributed by atoms with van der Waals surface area (Å²) in [4.78, 5) is 19.2. The third-order valence-corrected chi connectivity index (χ3v) is 5.37. The van der Waals surface area contributed by atoms with Crippen molar-refractivity contribution in [3.05, 3.63) is 75.8 Å². The summed E-state index contributed by atoms with van der Waals surface area (Å²) in [5, 5.41) is 12.7. The highest BCUT2D eigenvalue weighted by atomic mass is 35.5. The Bertz CT molecular complexity index is 1070. The molecule has 0 bridgehead atoms. The number of aromatic nitrogens is 1. The van der Waals surface area contributed by atoms with E-state index < -0.39 is 0 Å². The van der Waals surface area contributed by atoms with Gasteiger partial charge in [0.1, 0.15) is 5.82 Å². The minimum absolute atomic E-state index is 0.0963. The number of amides is 1. The highest BCUT2D eigenvalue weighted by Crippen LogP contribution is 2.39. The monoisotopic (exact) mass is 427 g/mol. The summed E-state index contributed by atoms with van der Waals surface area (Å²) in [6.45, 7) is 0.911. The van der Waals surface area contributed by atoms with E-state index in [0.717, 1.165) is 41.3 Å². The van der Waals surface area contributed by atoms with E-state index in [2.05, 4.69) is 16.3 Å². The molecule has 2 heterocycles. The molecule has 0 fully saturated rings. The molecule has 4 rings (SSSR count). The molecule has 0 saturated carbocycles. The molecule has 148 valence electrons. The Morgan fingerprint density at radius 3 is 2.79 bits per heavy atom. The fourth-order valence-electron chi connectivity index (χ4n) is 3.43. The Balaban J connectivity index is 1.67. The largest absolute Gasteiger partial charge is 0.395 e. The molecule has 0 unspecified atom stereocenters. The molecule has 5 nitrogen and oxygen atoms in total. The second kappa shape index (κ2) is 8.41. The zero-order valence-electron chi connectivity index (χ0n) is 15.5. The summed E-state index contributed by atoms with van der Waals surface area (Å²) in [7, 11) is 0. The normalized spacial score (nSPS) is 12.7. The van der Waals surface area contributed by atoms with E-state index >= 15 is 0 Å². The van der Waals surface area contributed by atoms with Gasteiger partial charge in [0.25, 0.3) is 5.91 Å². The highest BCUT2D eigenvalue weighted by molar-refractivity contribution is 6.36. The Labute approximate surface area is 178 Å². The number of nitrogens with zero attached hydrogens (tertiary/aromatic N) is 2. The number of hydrogen-bond acceptors (Lipinski definition) is 4. The first-order chi connectivity index (χ1) is 14.1. The lowest BCUT2D eigenvalue weighted by Gasteiger charge is -2.20. The molecule has 2 N–H and O–H groups in total. The zero-order valence-corrected chi connectivity index (χ0v) is 17.0. The van der Waals surface area contributed by atoms with Gasteiger partial charge in [-0.3, -0.25) is 4.79 Å². The van der Waals surface area contributed by atoms with Crippen molar-refractivity contribution in [1.82, 2.24) is 10.3 Å². The van der Waals surface area contributed by atoms with Crippen LogP contribution in [0.25, 0.3) is 11.3 Å². The van der Waals surface area contributed by atoms with Gasteiger partial charge in [0.05, 0.1) is 23.0 Å². The molecule has 0 radical (unpaired) electrons. The molecule has 0 saturated heterocycles. The second-order valence-corrected chi connectivity index (χ2v) is 7.58. The van der Waals surface area contributed by atoms with E-state index in [4.69, 9.17) is 33.3 Å². The van der Waals surface area contributed by atoms with E-state index in [-0.39, 0.29) is 19.1 Å². The minimum atomic E-state index is -0.225. The van der Waals surface area contributed by atoms with E-state index in [1.54, 1.807) is 18.2 Å². The van der Waals surface area contributed by atoms with Gasteiger partial charge in [0.2, 0.25) is 0 Å². The van der Waals surface area contributed by atoms with Gasteiger partial charge in [-0.1, -0.05) is 41.4 Å². The van der Waals surface area contributed by atoms with Crippen molar-refractivity contribution in [2.45, 2.75) is 6.42 Å². The quantitative estimate of drug-likeness (QED) is 0.630. The summed E-state index contributed by atoms with van der Waals surface area (Å²) >= 11 is 12.5. The van der Waals surface area contributed by atoms with Gasteiger partial charge in [-0.15, -0.1) is 0 Å². The smallest absolute Gasteiger partial charge is 0.251 e. The van der Waals surface area contributed by atoms with E-state index in [9.17, 15) is 4.79 Å². The van der Waals surface area contributed by atoms with Crippen LogP contribution in [0.5, 0.6) is 0 Å². The number of aliphatic hydroxyl groups is 1. The number of benzene rings is 2. The van der Waals surface area contributed by atoms with Crippen LogP contribution < -0.4 is 10.2 Å². The molecule has 1 aliphatic heterocycles. The first kappa shape index (κ1) is 19.7. The van der Waals surface area contributed by atoms with Gasteiger partial charge in [-0.05, 0) is 48.4 Å². The van der Waals surface area contributed by atoms with Crippen molar-refractivity contribution >= 4 is 40.6 Å². The number of aliphatic hydroxyl groups excluding tert-OH is 1. The van der Waals surface area contributed by atoms with Crippen LogP contribution in [0.3, 0.4) is 0 Å². The van der Waals surface area contributed by atoms with E-state index in [1.807, 2.05) is 30.3 Å². The third kappa shape index (κ3) is 4.08. The van der Waals surface area contributed by atoms with Crippen LogP contribution in [0.15, 0.2) is 54.6 Å². The Morgan fingerprint density at radius 1 is 1.14 bits per heavy atom. The lowest BCUT2D eigenvalue weighted by molar-refractivity contribution is 0.0945. The lowest BCUT2D eigenvalue weighted by Crippen LogP contribution is -2.26. The maximum atomic E-state index is 12.2. The number of pyridine rings is 1. The van der Waals surface area contributed by atoms with Crippen molar-refractivity contribution < 1.29 is 9.90 Å². The molecule has 2 aromatic carbocycles. The molecule has 7 heteroatoms. The number of rotatable bonds is 5. The fraction of sp³-hybridized carbons (Fsp3) is 0.182. The summed E-state index contributed by atoms with van der Waals surface area (Å²) in [5.74, 6) is 0.637. The van der Waals surface area contributed by atoms with Crippen LogP contribution in [0.1, 0.15) is 15.9 Å². The first-order valence-electron chi connectivity index (χ1n) is 9.29. The van der Waals surface area contributed by atoms with Crippen molar-refractivity contribution in [2.24, 2.45) is 0 Å². The molecule has 29 heavy (non-hydrogen) atoms. The number of halogens is 2. The molecule has 1 aromatic heterocycles. The average molecular weight is 428 g/mol. The predicted molar refractivity (Wildman–Crippen MR) is 116 cm³/mol. The van der Waals surface area contributed by atoms with Crippen LogP contribution in [-0.4, -0.2) is 35.7 Å². The van der Waals surface area contributed by atoms with Gasteiger partial charge in [0.15, 0.2) is 0 Å². The number of fused-ring (bicyclic) bond motifs is 1. The Kier molecular flexibility index (Phi) is 5.72. The Hall–Kier alpha value is -2.60. The van der Waals surface area contributed by atoms with Gasteiger partial charge < -0.3 is 15.3 Å². The second-order valence-electron chi connectivity index (χ2n) is 6.74. The molecule has 3 aromatic rings. The fourth-order valence-corrected chi connectivity index (χ4v) is 3.94. The van der Waals surface area contributed by atoms with Crippen LogP contribution >= 0.6 is 23.2 Å². The number of anilines is 2. The number of carbonyl (C=O) groups excluding carboxylic acids is 1. The SMILES string of the molecule is O=C(NCCO)c1cccc(-c2ccc3c(n2)N(c2ccc(Cl)cc2Cl)CC3)c1. The molecular formula is C22H19Cl2N3O2. The van der Waals surface area contributed by atoms with Gasteiger partial charge >= 0.3 is 0 Å². The number of carbonyl (C=O) groups is 1. The summed E-state index contributed by atoms with van der Waals surface area (Å²) in [6.07, 6.45) is 0.880. The van der Waals surface area contributed by atoms with E-state index in [1.165, 1.54) is 0 Å². The summed E-state index contributed by atoms with van der Waals surface area (Å²) < 4.78 is 0. The number of nitrogens with one attached hydrogen (secondary N) is 1. The molecule has 1 amide bonds. The third-order valence-electron chi connectivity index (χ3n) is 4.83. The lowest BCUT2D eigenvalue weighted by atomic mass is 10.1. The molecule has 0 atom stereocenters. The van der Waals surface area contributed by atoms with Gasteiger partial charge in [0, 0.05) is 29.2 Å². The van der Waals surface area contributed by atoms with Gasteiger partial charge in [-0.2, -0.15) is 0 Å². The highest BCUT2D eigenvalue weighted by Gasteiger charge is 2.24. The maximum Gasteiger partial charge on any atom is 0.251 e. The van der Waals surface area contributed by atoms with Crippen molar-refractivity contribution in [3.8, 4) is 11.3 Å². The van der Waals surface area contributed by atoms with Crippen molar-refractivity contribution in [2.75, 3.05) is 24.6 Å². The predicted octanol–water partition coefficient (Wildman–Crippen LogP) is 4.47. The standard InChI is InChI=1S/C22H19Cl2N3O2/c23-17-5-7-20(18(24)13-17)27-10-8-14-4-6-19(26-21(14)27)15-2-1-3-16(12-15)22(29)25-9-11-28/h1-7,12-13,28H,8-11H2,(H,25,29). The van der Waals surface area contributed by atoms with Gasteiger partial charge in [-0.25, -0.2) is 4.98 Å². The molecular weight excluding hydrogens is 409 g/mol. The van der Waals surface area contributed by atoms with Crippen LogP contribution in [-0.2, 0) is 6.42 Å². The van der Waals surface area contributed by atoms with Crippen molar-refractivity contribution in [1.29, 1.82) is 0 Å². The van der Waals surface area contributed by atoms with Crippen molar-refractivity contribution in [3.63, 3.8) is 0 Å². The van der Waals surface area contributed by atoms with Crippen LogP contribution in [0.4, 0.5) is 11.5 Å². The average Bonchev–Trinajstić information content (AvgIpc) is 3.15. The van der Waals surface area contributed by atoms with Crippen LogP contribution in [0.2, 0.25) is 10.0 Å². The Morgan fingerprint density at radius 2 is 2.00 bits per heavy atom. The summed E-state index contributed by atoms with van der Waals surface area (Å²) in [5.41, 5.74) is 4.17. The summed E-state index contributed by atoms with van der Waals surface area (Å²) in [6, 6.07) is 16.8. The first-order valence-corrected chi connectivity index (χ1v) is 10.0. The number of hydrogen-bond donors (Lipinski definition) is 2.